The maximum atomic E-state index is 13.7. The first-order valence-corrected chi connectivity index (χ1v) is 10.3. The summed E-state index contributed by atoms with van der Waals surface area (Å²) in [7, 11) is 0. The lowest BCUT2D eigenvalue weighted by Crippen LogP contribution is -2.46. The highest BCUT2D eigenvalue weighted by molar-refractivity contribution is 5.91. The van der Waals surface area contributed by atoms with E-state index in [1.165, 1.54) is 28.0 Å². The van der Waals surface area contributed by atoms with E-state index < -0.39 is 0 Å². The first kappa shape index (κ1) is 16.4. The summed E-state index contributed by atoms with van der Waals surface area (Å²) in [6.07, 6.45) is 3.38. The van der Waals surface area contributed by atoms with Crippen molar-refractivity contribution in [3.63, 3.8) is 0 Å². The van der Waals surface area contributed by atoms with E-state index in [2.05, 4.69) is 51.5 Å². The van der Waals surface area contributed by atoms with Gasteiger partial charge in [0.25, 0.3) is 0 Å². The Morgan fingerprint density at radius 3 is 2.64 bits per heavy atom. The van der Waals surface area contributed by atoms with Crippen molar-refractivity contribution in [3.05, 3.63) is 71.5 Å². The summed E-state index contributed by atoms with van der Waals surface area (Å²) >= 11 is 0. The molecule has 3 aliphatic rings. The quantitative estimate of drug-likeness (QED) is 0.687. The maximum absolute atomic E-state index is 13.7. The number of nitrogens with one attached hydrogen (secondary N) is 1. The van der Waals surface area contributed by atoms with Crippen LogP contribution in [0.4, 0.5) is 15.8 Å². The van der Waals surface area contributed by atoms with Gasteiger partial charge in [-0.15, -0.1) is 0 Å². The zero-order valence-electron chi connectivity index (χ0n) is 15.9. The lowest BCUT2D eigenvalue weighted by atomic mass is 9.98. The molecule has 3 nitrogen and oxygen atoms in total. The van der Waals surface area contributed by atoms with Crippen LogP contribution < -0.4 is 10.2 Å². The lowest BCUT2D eigenvalue weighted by molar-refractivity contribution is 0.154. The van der Waals surface area contributed by atoms with Gasteiger partial charge in [-0.05, 0) is 59.4 Å². The van der Waals surface area contributed by atoms with Crippen molar-refractivity contribution in [2.24, 2.45) is 0 Å². The fourth-order valence-corrected chi connectivity index (χ4v) is 5.52. The van der Waals surface area contributed by atoms with Gasteiger partial charge in [0.1, 0.15) is 5.82 Å². The molecule has 1 N–H and O–H groups in total. The first-order chi connectivity index (χ1) is 13.8. The average Bonchev–Trinajstić information content (AvgIpc) is 3.31. The molecule has 28 heavy (non-hydrogen) atoms. The molecule has 142 valence electrons. The van der Waals surface area contributed by atoms with Crippen molar-refractivity contribution in [3.8, 4) is 0 Å². The van der Waals surface area contributed by atoms with Gasteiger partial charge < -0.3 is 10.2 Å². The van der Waals surface area contributed by atoms with Gasteiger partial charge in [-0.3, -0.25) is 4.90 Å². The van der Waals surface area contributed by atoms with Crippen LogP contribution in [0.2, 0.25) is 0 Å². The van der Waals surface area contributed by atoms with Gasteiger partial charge >= 0.3 is 0 Å². The molecule has 0 saturated carbocycles. The summed E-state index contributed by atoms with van der Waals surface area (Å²) in [6, 6.07) is 19.5. The van der Waals surface area contributed by atoms with E-state index in [1.54, 1.807) is 6.07 Å². The second-order valence-electron chi connectivity index (χ2n) is 8.32. The van der Waals surface area contributed by atoms with E-state index in [1.807, 2.05) is 6.07 Å². The van der Waals surface area contributed by atoms with E-state index in [0.29, 0.717) is 12.1 Å². The summed E-state index contributed by atoms with van der Waals surface area (Å²) in [4.78, 5) is 5.03. The number of piperidine rings is 1. The fourth-order valence-electron chi connectivity index (χ4n) is 5.52. The van der Waals surface area contributed by atoms with Gasteiger partial charge in [-0.2, -0.15) is 0 Å². The SMILES string of the molecule is Fc1ccc2c(c1)N(C1CCN(C3Cc4cccc5cccc3c45)CC1)CN2. The topological polar surface area (TPSA) is 18.5 Å². The summed E-state index contributed by atoms with van der Waals surface area (Å²) < 4.78 is 13.7. The number of nitrogens with zero attached hydrogens (tertiary/aromatic N) is 2. The Labute approximate surface area is 164 Å². The van der Waals surface area contributed by atoms with Crippen molar-refractivity contribution in [1.29, 1.82) is 0 Å². The standard InChI is InChI=1S/C24H24FN3/c25-18-7-8-21-23(14-18)28(15-26-21)19-9-11-27(12-10-19)22-13-17-5-1-3-16-4-2-6-20(22)24(16)17/h1-8,14,19,22,26H,9-13,15H2. The van der Waals surface area contributed by atoms with Gasteiger partial charge in [0.15, 0.2) is 0 Å². The molecule has 1 aliphatic carbocycles. The summed E-state index contributed by atoms with van der Waals surface area (Å²) in [5.41, 5.74) is 5.08. The van der Waals surface area contributed by atoms with Gasteiger partial charge in [0, 0.05) is 25.2 Å². The minimum absolute atomic E-state index is 0.151. The number of benzene rings is 3. The highest BCUT2D eigenvalue weighted by Crippen LogP contribution is 2.42. The number of fused-ring (bicyclic) bond motifs is 1. The smallest absolute Gasteiger partial charge is 0.125 e. The molecule has 6 rings (SSSR count). The molecular formula is C24H24FN3. The van der Waals surface area contributed by atoms with Crippen molar-refractivity contribution in [2.75, 3.05) is 30.0 Å². The van der Waals surface area contributed by atoms with E-state index in [9.17, 15) is 4.39 Å². The number of hydrogen-bond acceptors (Lipinski definition) is 3. The van der Waals surface area contributed by atoms with Crippen LogP contribution >= 0.6 is 0 Å². The van der Waals surface area contributed by atoms with E-state index >= 15 is 0 Å². The van der Waals surface area contributed by atoms with E-state index in [0.717, 1.165) is 50.4 Å². The van der Waals surface area contributed by atoms with Gasteiger partial charge in [-0.25, -0.2) is 4.39 Å². The Morgan fingerprint density at radius 2 is 1.79 bits per heavy atom. The van der Waals surface area contributed by atoms with Crippen molar-refractivity contribution in [1.82, 2.24) is 4.90 Å². The van der Waals surface area contributed by atoms with Crippen molar-refractivity contribution < 1.29 is 4.39 Å². The van der Waals surface area contributed by atoms with Gasteiger partial charge in [0.05, 0.1) is 18.0 Å². The molecule has 3 aromatic carbocycles. The van der Waals surface area contributed by atoms with Crippen LogP contribution in [0.5, 0.6) is 0 Å². The number of anilines is 2. The van der Waals surface area contributed by atoms with Crippen LogP contribution in [0.1, 0.15) is 30.0 Å². The molecular weight excluding hydrogens is 349 g/mol. The van der Waals surface area contributed by atoms with Crippen LogP contribution in [-0.4, -0.2) is 30.7 Å². The predicted molar refractivity (Wildman–Crippen MR) is 112 cm³/mol. The third kappa shape index (κ3) is 2.44. The maximum Gasteiger partial charge on any atom is 0.125 e. The van der Waals surface area contributed by atoms with Gasteiger partial charge in [-0.1, -0.05) is 36.4 Å². The fraction of sp³-hybridized carbons (Fsp3) is 0.333. The summed E-state index contributed by atoms with van der Waals surface area (Å²) in [5.74, 6) is -0.151. The molecule has 3 aromatic rings. The zero-order chi connectivity index (χ0) is 18.7. The molecule has 2 heterocycles. The average molecular weight is 373 g/mol. The molecule has 1 unspecified atom stereocenters. The van der Waals surface area contributed by atoms with E-state index in [4.69, 9.17) is 0 Å². The number of likely N-dealkylation sites (tertiary alicyclic amines) is 1. The Balaban J connectivity index is 1.21. The van der Waals surface area contributed by atoms with Crippen LogP contribution in [-0.2, 0) is 6.42 Å². The Bertz CT molecular complexity index is 1050. The Morgan fingerprint density at radius 1 is 0.964 bits per heavy atom. The number of hydrogen-bond donors (Lipinski definition) is 1. The highest BCUT2D eigenvalue weighted by atomic mass is 19.1. The van der Waals surface area contributed by atoms with Gasteiger partial charge in [0.2, 0.25) is 0 Å². The minimum Gasteiger partial charge on any atom is -0.366 e. The second kappa shape index (κ2) is 6.21. The summed E-state index contributed by atoms with van der Waals surface area (Å²) in [6.45, 7) is 2.99. The Hall–Kier alpha value is -2.59. The third-order valence-corrected chi connectivity index (χ3v) is 6.89. The molecule has 0 spiro atoms. The molecule has 4 heteroatoms. The van der Waals surface area contributed by atoms with Crippen LogP contribution in [0.25, 0.3) is 10.8 Å². The third-order valence-electron chi connectivity index (χ3n) is 6.89. The molecule has 0 aromatic heterocycles. The van der Waals surface area contributed by atoms with Crippen LogP contribution in [0.3, 0.4) is 0 Å². The van der Waals surface area contributed by atoms with Crippen molar-refractivity contribution in [2.45, 2.75) is 31.3 Å². The van der Waals surface area contributed by atoms with Crippen LogP contribution in [0.15, 0.2) is 54.6 Å². The highest BCUT2D eigenvalue weighted by Gasteiger charge is 2.34. The first-order valence-electron chi connectivity index (χ1n) is 10.3. The Kier molecular flexibility index (Phi) is 3.63. The second-order valence-corrected chi connectivity index (χ2v) is 8.32. The van der Waals surface area contributed by atoms with Crippen molar-refractivity contribution >= 4 is 22.1 Å². The molecule has 0 amide bonds. The minimum atomic E-state index is -0.151. The van der Waals surface area contributed by atoms with E-state index in [-0.39, 0.29) is 5.82 Å². The van der Waals surface area contributed by atoms with Crippen LogP contribution in [0, 0.1) is 5.82 Å². The predicted octanol–water partition coefficient (Wildman–Crippen LogP) is 4.93. The normalized spacial score (nSPS) is 21.9. The molecule has 1 atom stereocenters. The monoisotopic (exact) mass is 373 g/mol. The molecule has 0 radical (unpaired) electrons. The largest absolute Gasteiger partial charge is 0.366 e. The summed E-state index contributed by atoms with van der Waals surface area (Å²) in [5, 5.41) is 6.26. The molecule has 1 fully saturated rings. The number of rotatable bonds is 2. The molecule has 2 aliphatic heterocycles. The zero-order valence-corrected chi connectivity index (χ0v) is 15.9. The molecule has 0 bridgehead atoms. The molecule has 1 saturated heterocycles. The number of halogens is 1. The lowest BCUT2D eigenvalue weighted by Gasteiger charge is -2.40.